The number of pyridine rings is 1. The molecule has 0 spiro atoms. The largest absolute Gasteiger partial charge is 0.458 e. The van der Waals surface area contributed by atoms with Gasteiger partial charge in [0.05, 0.1) is 11.0 Å². The van der Waals surface area contributed by atoms with E-state index in [9.17, 15) is 0 Å². The maximum Gasteiger partial charge on any atom is 0.256 e. The second kappa shape index (κ2) is 11.8. The first-order chi connectivity index (χ1) is 26.3. The van der Waals surface area contributed by atoms with Gasteiger partial charge in [-0.25, -0.2) is 0 Å². The summed E-state index contributed by atoms with van der Waals surface area (Å²) < 4.78 is 9.34. The van der Waals surface area contributed by atoms with Gasteiger partial charge in [0.2, 0.25) is 0 Å². The summed E-state index contributed by atoms with van der Waals surface area (Å²) in [6.45, 7) is 0.00331. The molecule has 0 aliphatic carbocycles. The molecule has 9 aromatic rings. The number of benzene rings is 7. The quantitative estimate of drug-likeness (QED) is 0.170. The van der Waals surface area contributed by atoms with Crippen LogP contribution in [0.25, 0.3) is 27.5 Å². The van der Waals surface area contributed by atoms with E-state index in [-0.39, 0.29) is 6.71 Å². The Morgan fingerprint density at radius 2 is 1.13 bits per heavy atom. The third-order valence-electron chi connectivity index (χ3n) is 10.7. The fraction of sp³-hybridized carbons (Fsp3) is 0. The van der Waals surface area contributed by atoms with Gasteiger partial charge >= 0.3 is 0 Å². The molecule has 0 fully saturated rings. The lowest BCUT2D eigenvalue weighted by molar-refractivity contribution is 0.488. The molecule has 2 aliphatic rings. The summed E-state index contributed by atoms with van der Waals surface area (Å²) in [4.78, 5) is 8.98. The van der Waals surface area contributed by atoms with Gasteiger partial charge in [0, 0.05) is 63.0 Å². The molecule has 11 rings (SSSR count). The Bertz CT molecular complexity index is 2780. The van der Waals surface area contributed by atoms with Crippen LogP contribution in [0.5, 0.6) is 11.5 Å². The molecule has 53 heavy (non-hydrogen) atoms. The number of hydrogen-bond donors (Lipinski definition) is 0. The first-order valence-electron chi connectivity index (χ1n) is 18.0. The van der Waals surface area contributed by atoms with Crippen LogP contribution in [0.4, 0.5) is 34.1 Å². The van der Waals surface area contributed by atoms with Crippen molar-refractivity contribution >= 4 is 79.0 Å². The Labute approximate surface area is 307 Å². The summed E-state index contributed by atoms with van der Waals surface area (Å²) in [5.74, 6) is 1.80. The van der Waals surface area contributed by atoms with Crippen molar-refractivity contribution < 1.29 is 4.74 Å². The van der Waals surface area contributed by atoms with E-state index in [0.29, 0.717) is 0 Å². The Morgan fingerprint density at radius 3 is 1.92 bits per heavy atom. The lowest BCUT2D eigenvalue weighted by Gasteiger charge is -2.39. The number of fused-ring (bicyclic) bond motifs is 7. The first kappa shape index (κ1) is 29.7. The van der Waals surface area contributed by atoms with E-state index in [1.54, 1.807) is 0 Å². The van der Waals surface area contributed by atoms with Crippen molar-refractivity contribution in [2.45, 2.75) is 0 Å². The van der Waals surface area contributed by atoms with Crippen LogP contribution < -0.4 is 30.9 Å². The summed E-state index contributed by atoms with van der Waals surface area (Å²) in [5.41, 5.74) is 13.7. The van der Waals surface area contributed by atoms with Crippen LogP contribution in [0.15, 0.2) is 188 Å². The third-order valence-corrected chi connectivity index (χ3v) is 10.7. The lowest BCUT2D eigenvalue weighted by Crippen LogP contribution is -2.59. The van der Waals surface area contributed by atoms with Crippen LogP contribution in [-0.2, 0) is 0 Å². The molecule has 0 atom stereocenters. The maximum absolute atomic E-state index is 6.92. The minimum absolute atomic E-state index is 0.00331. The second-order valence-corrected chi connectivity index (χ2v) is 13.6. The summed E-state index contributed by atoms with van der Waals surface area (Å²) in [5, 5.41) is 2.32. The van der Waals surface area contributed by atoms with Gasteiger partial charge in [0.1, 0.15) is 11.5 Å². The highest BCUT2D eigenvalue weighted by molar-refractivity contribution is 6.99. The summed E-state index contributed by atoms with van der Waals surface area (Å²) in [7, 11) is 0. The SMILES string of the molecule is c1ccc(N(c2ccncc2)c2ccc3c4cc5c(cc4n(-c4ccccc4)c3c2)B2c3ccccc3N(c3ccccc3)c3cccc(c32)O5)cc1. The average Bonchev–Trinajstić information content (AvgIpc) is 3.54. The Kier molecular flexibility index (Phi) is 6.58. The zero-order valence-corrected chi connectivity index (χ0v) is 28.7. The molecule has 248 valence electrons. The van der Waals surface area contributed by atoms with Crippen LogP contribution >= 0.6 is 0 Å². The van der Waals surface area contributed by atoms with E-state index < -0.39 is 0 Å². The van der Waals surface area contributed by atoms with Crippen molar-refractivity contribution in [3.05, 3.63) is 188 Å². The number of rotatable bonds is 5. The van der Waals surface area contributed by atoms with Crippen molar-refractivity contribution in [3.8, 4) is 17.2 Å². The van der Waals surface area contributed by atoms with E-state index >= 15 is 0 Å². The van der Waals surface area contributed by atoms with Crippen molar-refractivity contribution in [2.24, 2.45) is 0 Å². The monoisotopic (exact) mass is 678 g/mol. The number of hydrogen-bond acceptors (Lipinski definition) is 4. The van der Waals surface area contributed by atoms with Crippen LogP contribution in [0.1, 0.15) is 0 Å². The van der Waals surface area contributed by atoms with Crippen molar-refractivity contribution in [1.82, 2.24) is 9.55 Å². The predicted molar refractivity (Wildman–Crippen MR) is 219 cm³/mol. The number of ether oxygens (including phenoxy) is 1. The molecule has 0 bridgehead atoms. The molecule has 0 N–H and O–H groups in total. The van der Waals surface area contributed by atoms with Crippen LogP contribution in [0, 0.1) is 0 Å². The van der Waals surface area contributed by atoms with Gasteiger partial charge in [-0.3, -0.25) is 4.98 Å². The van der Waals surface area contributed by atoms with Crippen LogP contribution in [-0.4, -0.2) is 16.3 Å². The topological polar surface area (TPSA) is 33.5 Å². The van der Waals surface area contributed by atoms with E-state index in [1.165, 1.54) is 27.5 Å². The molecular formula is C47H31BN4O. The van der Waals surface area contributed by atoms with Crippen molar-refractivity contribution in [2.75, 3.05) is 9.80 Å². The van der Waals surface area contributed by atoms with Crippen LogP contribution in [0.3, 0.4) is 0 Å². The molecule has 7 aromatic carbocycles. The number of nitrogens with zero attached hydrogens (tertiary/aromatic N) is 4. The van der Waals surface area contributed by atoms with E-state index in [4.69, 9.17) is 4.74 Å². The van der Waals surface area contributed by atoms with E-state index in [2.05, 4.69) is 195 Å². The highest BCUT2D eigenvalue weighted by Crippen LogP contribution is 2.43. The van der Waals surface area contributed by atoms with E-state index in [0.717, 1.165) is 62.0 Å². The smallest absolute Gasteiger partial charge is 0.256 e. The fourth-order valence-corrected chi connectivity index (χ4v) is 8.50. The molecule has 4 heterocycles. The Balaban J connectivity index is 1.17. The lowest BCUT2D eigenvalue weighted by atomic mass is 9.34. The molecule has 0 unspecified atom stereocenters. The number of para-hydroxylation sites is 4. The van der Waals surface area contributed by atoms with Crippen molar-refractivity contribution in [1.29, 1.82) is 0 Å². The molecule has 5 nitrogen and oxygen atoms in total. The van der Waals surface area contributed by atoms with Gasteiger partial charge in [0.25, 0.3) is 6.71 Å². The molecule has 0 radical (unpaired) electrons. The molecule has 0 saturated carbocycles. The fourth-order valence-electron chi connectivity index (χ4n) is 8.50. The first-order valence-corrected chi connectivity index (χ1v) is 18.0. The molecule has 0 amide bonds. The normalized spacial score (nSPS) is 12.6. The standard InChI is InChI=1S/C47H31BN4O/c1-4-13-32(14-5-1)50(35-25-27-49-28-26-35)36-23-24-37-38-30-46-40(31-44(38)52(43(37)29-36)34-17-8-3-9-18-34)48-39-19-10-11-20-41(39)51(33-15-6-2-7-16-33)42-21-12-22-45(53-46)47(42)48/h1-31H. The minimum Gasteiger partial charge on any atom is -0.458 e. The van der Waals surface area contributed by atoms with Gasteiger partial charge in [-0.05, 0) is 107 Å². The minimum atomic E-state index is 0.00331. The zero-order valence-electron chi connectivity index (χ0n) is 28.7. The molecule has 0 saturated heterocycles. The summed E-state index contributed by atoms with van der Waals surface area (Å²) in [6.07, 6.45) is 3.70. The second-order valence-electron chi connectivity index (χ2n) is 13.6. The predicted octanol–water partition coefficient (Wildman–Crippen LogP) is 10.1. The van der Waals surface area contributed by atoms with Gasteiger partial charge in [-0.1, -0.05) is 84.9 Å². The van der Waals surface area contributed by atoms with Crippen LogP contribution in [0.2, 0.25) is 0 Å². The highest BCUT2D eigenvalue weighted by atomic mass is 16.5. The third kappa shape index (κ3) is 4.55. The summed E-state index contributed by atoms with van der Waals surface area (Å²) >= 11 is 0. The van der Waals surface area contributed by atoms with Gasteiger partial charge in [-0.15, -0.1) is 0 Å². The molecule has 2 aromatic heterocycles. The van der Waals surface area contributed by atoms with Gasteiger partial charge < -0.3 is 19.1 Å². The van der Waals surface area contributed by atoms with Gasteiger partial charge in [0.15, 0.2) is 0 Å². The molecule has 2 aliphatic heterocycles. The maximum atomic E-state index is 6.92. The summed E-state index contributed by atoms with van der Waals surface area (Å²) in [6, 6.07) is 62.7. The van der Waals surface area contributed by atoms with Crippen molar-refractivity contribution in [3.63, 3.8) is 0 Å². The molecule has 6 heteroatoms. The highest BCUT2D eigenvalue weighted by Gasteiger charge is 2.42. The Hall–Kier alpha value is -7.05. The Morgan fingerprint density at radius 1 is 0.472 bits per heavy atom. The molecular weight excluding hydrogens is 647 g/mol. The van der Waals surface area contributed by atoms with E-state index in [1.807, 2.05) is 12.4 Å². The number of anilines is 6. The zero-order chi connectivity index (χ0) is 34.9. The van der Waals surface area contributed by atoms with Gasteiger partial charge in [-0.2, -0.15) is 0 Å². The number of aromatic nitrogens is 2. The average molecular weight is 679 g/mol.